The third-order valence-electron chi connectivity index (χ3n) is 7.85. The van der Waals surface area contributed by atoms with E-state index < -0.39 is 0 Å². The summed E-state index contributed by atoms with van der Waals surface area (Å²) >= 11 is 0. The predicted molar refractivity (Wildman–Crippen MR) is 184 cm³/mol. The SMILES string of the molecule is CCCCCCCC/C=C\CCCCCCCC(=O)OC(=O)CCCCCCCCCCCCCCCCC.[NaH].[NaH]. The zero-order valence-electron chi connectivity index (χ0n) is 26.6. The van der Waals surface area contributed by atoms with Gasteiger partial charge in [0.15, 0.2) is 0 Å². The van der Waals surface area contributed by atoms with Crippen LogP contribution in [0.4, 0.5) is 0 Å². The van der Waals surface area contributed by atoms with Crippen LogP contribution < -0.4 is 0 Å². The van der Waals surface area contributed by atoms with Crippen LogP contribution in [0.25, 0.3) is 0 Å². The first kappa shape index (κ1) is 46.3. The summed E-state index contributed by atoms with van der Waals surface area (Å²) in [4.78, 5) is 23.8. The Hall–Kier alpha value is 0.880. The van der Waals surface area contributed by atoms with Gasteiger partial charge in [0.25, 0.3) is 0 Å². The first-order chi connectivity index (χ1) is 19.2. The molecule has 0 radical (unpaired) electrons. The van der Waals surface area contributed by atoms with Gasteiger partial charge in [-0.1, -0.05) is 167 Å². The summed E-state index contributed by atoms with van der Waals surface area (Å²) in [6.07, 6.45) is 41.2. The Kier molecular flexibility index (Phi) is 46.2. The zero-order valence-corrected chi connectivity index (χ0v) is 26.6. The van der Waals surface area contributed by atoms with Gasteiger partial charge in [-0.15, -0.1) is 0 Å². The first-order valence-electron chi connectivity index (χ1n) is 17.6. The van der Waals surface area contributed by atoms with Crippen LogP contribution in [0.5, 0.6) is 0 Å². The average Bonchev–Trinajstić information content (AvgIpc) is 2.93. The van der Waals surface area contributed by atoms with E-state index in [1.54, 1.807) is 0 Å². The molecule has 0 spiro atoms. The van der Waals surface area contributed by atoms with Crippen molar-refractivity contribution in [3.8, 4) is 0 Å². The van der Waals surface area contributed by atoms with Gasteiger partial charge in [-0.25, -0.2) is 0 Å². The maximum atomic E-state index is 11.9. The number of hydrogen-bond acceptors (Lipinski definition) is 3. The van der Waals surface area contributed by atoms with E-state index in [9.17, 15) is 9.59 Å². The minimum absolute atomic E-state index is 0. The summed E-state index contributed by atoms with van der Waals surface area (Å²) in [5.74, 6) is -0.666. The van der Waals surface area contributed by atoms with Crippen LogP contribution >= 0.6 is 0 Å². The van der Waals surface area contributed by atoms with Gasteiger partial charge in [0.1, 0.15) is 0 Å². The first-order valence-corrected chi connectivity index (χ1v) is 17.6. The summed E-state index contributed by atoms with van der Waals surface area (Å²) in [6, 6.07) is 0. The van der Waals surface area contributed by atoms with Crippen molar-refractivity contribution in [2.75, 3.05) is 0 Å². The molecule has 0 aromatic rings. The van der Waals surface area contributed by atoms with Crippen LogP contribution in [0, 0.1) is 0 Å². The van der Waals surface area contributed by atoms with Crippen molar-refractivity contribution in [3.63, 3.8) is 0 Å². The summed E-state index contributed by atoms with van der Waals surface area (Å²) in [5.41, 5.74) is 0. The summed E-state index contributed by atoms with van der Waals surface area (Å²) < 4.78 is 5.00. The Bertz CT molecular complexity index is 551. The number of carbonyl (C=O) groups is 2. The monoisotopic (exact) mass is 597 g/mol. The third kappa shape index (κ3) is 40.9. The fourth-order valence-corrected chi connectivity index (χ4v) is 5.21. The van der Waals surface area contributed by atoms with Gasteiger partial charge in [0.2, 0.25) is 0 Å². The van der Waals surface area contributed by atoms with E-state index in [1.165, 1.54) is 148 Å². The normalized spacial score (nSPS) is 10.9. The fourth-order valence-electron chi connectivity index (χ4n) is 5.21. The van der Waals surface area contributed by atoms with Crippen molar-refractivity contribution in [2.24, 2.45) is 0 Å². The predicted octanol–water partition coefficient (Wildman–Crippen LogP) is 11.1. The van der Waals surface area contributed by atoms with Crippen LogP contribution in [0.1, 0.15) is 206 Å². The summed E-state index contributed by atoms with van der Waals surface area (Å²) in [7, 11) is 0. The molecular weight excluding hydrogens is 526 g/mol. The number of rotatable bonds is 31. The van der Waals surface area contributed by atoms with E-state index >= 15 is 0 Å². The second-order valence-electron chi connectivity index (χ2n) is 11.9. The van der Waals surface area contributed by atoms with Crippen molar-refractivity contribution < 1.29 is 14.3 Å². The molecule has 0 aromatic carbocycles. The van der Waals surface area contributed by atoms with Crippen LogP contribution in [-0.4, -0.2) is 71.1 Å². The maximum absolute atomic E-state index is 11.9. The third-order valence-corrected chi connectivity index (χ3v) is 7.85. The summed E-state index contributed by atoms with van der Waals surface area (Å²) in [6.45, 7) is 4.54. The second-order valence-corrected chi connectivity index (χ2v) is 11.9. The van der Waals surface area contributed by atoms with E-state index in [0.717, 1.165) is 32.1 Å². The fraction of sp³-hybridized carbons (Fsp3) is 0.889. The molecule has 0 N–H and O–H groups in total. The topological polar surface area (TPSA) is 43.4 Å². The molecule has 0 aliphatic carbocycles. The van der Waals surface area contributed by atoms with Crippen molar-refractivity contribution in [3.05, 3.63) is 12.2 Å². The molecule has 0 bridgehead atoms. The second kappa shape index (κ2) is 40.9. The number of hydrogen-bond donors (Lipinski definition) is 0. The molecule has 0 saturated heterocycles. The van der Waals surface area contributed by atoms with Gasteiger partial charge < -0.3 is 4.74 Å². The molecule has 0 atom stereocenters. The van der Waals surface area contributed by atoms with Crippen LogP contribution in [0.3, 0.4) is 0 Å². The quantitative estimate of drug-likeness (QED) is 0.0263. The number of unbranched alkanes of at least 4 members (excludes halogenated alkanes) is 25. The van der Waals surface area contributed by atoms with Crippen LogP contribution in [-0.2, 0) is 14.3 Å². The molecule has 0 heterocycles. The Morgan fingerprint density at radius 3 is 0.927 bits per heavy atom. The molecule has 0 aliphatic heterocycles. The Labute approximate surface area is 301 Å². The minimum atomic E-state index is -0.335. The molecule has 0 unspecified atom stereocenters. The van der Waals surface area contributed by atoms with Crippen molar-refractivity contribution >= 4 is 71.1 Å². The molecular formula is C36H70Na2O3. The Morgan fingerprint density at radius 1 is 0.390 bits per heavy atom. The average molecular weight is 597 g/mol. The van der Waals surface area contributed by atoms with Gasteiger partial charge in [0, 0.05) is 12.8 Å². The van der Waals surface area contributed by atoms with Crippen LogP contribution in [0.15, 0.2) is 12.2 Å². The molecule has 0 fully saturated rings. The van der Waals surface area contributed by atoms with Crippen LogP contribution in [0.2, 0.25) is 0 Å². The standard InChI is InChI=1S/C36H68O3.2Na.2H/c1-3-5-7-9-11-13-15-17-19-21-23-25-27-29-31-33-35(37)39-36(38)34-32-30-28-26-24-22-20-18-16-14-12-10-8-6-4-2;;;;/h17,19H,3-16,18,20-34H2,1-2H3;;;;/b19-17-;;;;. The van der Waals surface area contributed by atoms with E-state index in [0.29, 0.717) is 12.8 Å². The van der Waals surface area contributed by atoms with Gasteiger partial charge in [0.05, 0.1) is 0 Å². The molecule has 234 valence electrons. The molecule has 0 amide bonds. The molecule has 41 heavy (non-hydrogen) atoms. The van der Waals surface area contributed by atoms with E-state index in [4.69, 9.17) is 4.74 Å². The summed E-state index contributed by atoms with van der Waals surface area (Å²) in [5, 5.41) is 0. The van der Waals surface area contributed by atoms with Gasteiger partial charge in [-0.05, 0) is 38.5 Å². The molecule has 0 saturated carbocycles. The van der Waals surface area contributed by atoms with Crippen molar-refractivity contribution in [1.29, 1.82) is 0 Å². The number of allylic oxidation sites excluding steroid dienone is 2. The molecule has 0 aromatic heterocycles. The van der Waals surface area contributed by atoms with E-state index in [1.807, 2.05) is 0 Å². The number of carbonyl (C=O) groups excluding carboxylic acids is 2. The van der Waals surface area contributed by atoms with E-state index in [2.05, 4.69) is 26.0 Å². The molecule has 0 aliphatic rings. The van der Waals surface area contributed by atoms with Crippen molar-refractivity contribution in [2.45, 2.75) is 206 Å². The number of ether oxygens (including phenoxy) is 1. The van der Waals surface area contributed by atoms with E-state index in [-0.39, 0.29) is 71.1 Å². The molecule has 5 heteroatoms. The van der Waals surface area contributed by atoms with Crippen molar-refractivity contribution in [1.82, 2.24) is 0 Å². The van der Waals surface area contributed by atoms with Gasteiger partial charge in [-0.2, -0.15) is 0 Å². The van der Waals surface area contributed by atoms with Gasteiger partial charge in [-0.3, -0.25) is 9.59 Å². The molecule has 0 rings (SSSR count). The Balaban J connectivity index is -0.00000722. The zero-order chi connectivity index (χ0) is 28.5. The number of esters is 2. The Morgan fingerprint density at radius 2 is 0.634 bits per heavy atom. The van der Waals surface area contributed by atoms with Gasteiger partial charge >= 0.3 is 71.1 Å². The molecule has 3 nitrogen and oxygen atoms in total.